The summed E-state index contributed by atoms with van der Waals surface area (Å²) in [5.74, 6) is -0.287. The van der Waals surface area contributed by atoms with Gasteiger partial charge in [-0.15, -0.1) is 0 Å². The Morgan fingerprint density at radius 1 is 0.878 bits per heavy atom. The minimum Gasteiger partial charge on any atom is -0.493 e. The fourth-order valence-corrected chi connectivity index (χ4v) is 4.61. The van der Waals surface area contributed by atoms with Gasteiger partial charge in [-0.2, -0.15) is 0 Å². The van der Waals surface area contributed by atoms with Gasteiger partial charge in [0.05, 0.1) is 31.8 Å². The summed E-state index contributed by atoms with van der Waals surface area (Å²) < 4.78 is 10.5. The van der Waals surface area contributed by atoms with E-state index >= 15 is 0 Å². The number of fused-ring (bicyclic) bond motifs is 1. The molecule has 0 radical (unpaired) electrons. The Bertz CT molecular complexity index is 1440. The van der Waals surface area contributed by atoms with Gasteiger partial charge in [0, 0.05) is 25.9 Å². The summed E-state index contributed by atoms with van der Waals surface area (Å²) in [7, 11) is 3.05. The molecule has 0 saturated carbocycles. The zero-order chi connectivity index (χ0) is 29.4. The van der Waals surface area contributed by atoms with E-state index in [4.69, 9.17) is 15.2 Å². The van der Waals surface area contributed by atoms with Crippen LogP contribution in [0.3, 0.4) is 0 Å². The number of ether oxygens (including phenoxy) is 2. The highest BCUT2D eigenvalue weighted by Gasteiger charge is 2.34. The van der Waals surface area contributed by atoms with E-state index in [0.29, 0.717) is 22.6 Å². The number of carbonyl (C=O) groups is 4. The molecule has 0 unspecified atom stereocenters. The fourth-order valence-electron chi connectivity index (χ4n) is 4.61. The summed E-state index contributed by atoms with van der Waals surface area (Å²) in [6.45, 7) is 0.0579. The average molecular weight is 557 g/mol. The SMILES string of the molecule is COc1ccc(CC(=O)CC(N)=N[C@H](Cc2ccccc2)C(=O)NCCN2C(=O)c3ccccc3C2=O)cc1OC. The maximum absolute atomic E-state index is 13.2. The number of hydrogen-bond acceptors (Lipinski definition) is 7. The topological polar surface area (TPSA) is 140 Å². The van der Waals surface area contributed by atoms with Gasteiger partial charge in [0.25, 0.3) is 11.8 Å². The second-order valence-corrected chi connectivity index (χ2v) is 9.51. The van der Waals surface area contributed by atoms with Gasteiger partial charge in [0.2, 0.25) is 5.91 Å². The predicted molar refractivity (Wildman–Crippen MR) is 153 cm³/mol. The maximum Gasteiger partial charge on any atom is 0.261 e. The molecule has 10 nitrogen and oxygen atoms in total. The molecule has 1 heterocycles. The number of ketones is 1. The van der Waals surface area contributed by atoms with Gasteiger partial charge in [0.1, 0.15) is 17.7 Å². The molecule has 41 heavy (non-hydrogen) atoms. The van der Waals surface area contributed by atoms with Crippen molar-refractivity contribution in [1.29, 1.82) is 0 Å². The largest absolute Gasteiger partial charge is 0.493 e. The molecule has 0 aromatic heterocycles. The Kier molecular flexibility index (Phi) is 9.47. The van der Waals surface area contributed by atoms with Crippen molar-refractivity contribution < 1.29 is 28.7 Å². The molecule has 1 atom stereocenters. The summed E-state index contributed by atoms with van der Waals surface area (Å²) in [4.78, 5) is 56.7. The van der Waals surface area contributed by atoms with Gasteiger partial charge in [-0.25, -0.2) is 0 Å². The highest BCUT2D eigenvalue weighted by atomic mass is 16.5. The van der Waals surface area contributed by atoms with Gasteiger partial charge in [-0.05, 0) is 35.4 Å². The van der Waals surface area contributed by atoms with Gasteiger partial charge in [-0.3, -0.25) is 29.1 Å². The third-order valence-corrected chi connectivity index (χ3v) is 6.64. The predicted octanol–water partition coefficient (Wildman–Crippen LogP) is 2.59. The fraction of sp³-hybridized carbons (Fsp3) is 0.258. The average Bonchev–Trinajstić information content (AvgIpc) is 3.22. The maximum atomic E-state index is 13.2. The number of amides is 3. The van der Waals surface area contributed by atoms with Crippen molar-refractivity contribution in [2.24, 2.45) is 10.7 Å². The third kappa shape index (κ3) is 7.16. The van der Waals surface area contributed by atoms with Crippen molar-refractivity contribution in [2.45, 2.75) is 25.3 Å². The minimum absolute atomic E-state index is 0.0130. The molecular weight excluding hydrogens is 524 g/mol. The lowest BCUT2D eigenvalue weighted by Crippen LogP contribution is -2.42. The van der Waals surface area contributed by atoms with Crippen LogP contribution in [0.15, 0.2) is 77.8 Å². The number of methoxy groups -OCH3 is 2. The molecule has 3 aromatic rings. The summed E-state index contributed by atoms with van der Waals surface area (Å²) in [6, 6.07) is 20.2. The van der Waals surface area contributed by atoms with Crippen LogP contribution in [0.25, 0.3) is 0 Å². The van der Waals surface area contributed by atoms with Crippen LogP contribution in [0.1, 0.15) is 38.3 Å². The van der Waals surface area contributed by atoms with Crippen molar-refractivity contribution in [3.05, 3.63) is 95.1 Å². The molecule has 3 amide bonds. The number of aliphatic imine (C=N–C) groups is 1. The number of benzene rings is 3. The van der Waals surface area contributed by atoms with Crippen LogP contribution >= 0.6 is 0 Å². The van der Waals surface area contributed by atoms with Crippen molar-refractivity contribution in [3.63, 3.8) is 0 Å². The van der Waals surface area contributed by atoms with E-state index in [0.717, 1.165) is 16.0 Å². The van der Waals surface area contributed by atoms with Crippen LogP contribution < -0.4 is 20.5 Å². The molecule has 0 saturated heterocycles. The van der Waals surface area contributed by atoms with Gasteiger partial charge in [-0.1, -0.05) is 48.5 Å². The lowest BCUT2D eigenvalue weighted by atomic mass is 10.0. The molecule has 3 N–H and O–H groups in total. The molecule has 4 rings (SSSR count). The number of amidine groups is 1. The number of rotatable bonds is 13. The number of nitrogens with two attached hydrogens (primary N) is 1. The molecule has 10 heteroatoms. The van der Waals surface area contributed by atoms with Crippen molar-refractivity contribution in [2.75, 3.05) is 27.3 Å². The highest BCUT2D eigenvalue weighted by Crippen LogP contribution is 2.28. The molecule has 1 aliphatic rings. The Balaban J connectivity index is 1.39. The Hall–Kier alpha value is -4.99. The second-order valence-electron chi connectivity index (χ2n) is 9.51. The second kappa shape index (κ2) is 13.4. The first-order chi connectivity index (χ1) is 19.8. The van der Waals surface area contributed by atoms with Crippen LogP contribution in [0.2, 0.25) is 0 Å². The number of imide groups is 1. The normalized spacial score (nSPS) is 13.5. The molecule has 1 aliphatic heterocycles. The first kappa shape index (κ1) is 29.0. The number of hydrogen-bond donors (Lipinski definition) is 2. The molecular formula is C31H32N4O6. The van der Waals surface area contributed by atoms with Crippen molar-refractivity contribution in [3.8, 4) is 11.5 Å². The van der Waals surface area contributed by atoms with E-state index in [1.54, 1.807) is 42.5 Å². The van der Waals surface area contributed by atoms with Crippen molar-refractivity contribution in [1.82, 2.24) is 10.2 Å². The molecule has 3 aromatic carbocycles. The first-order valence-electron chi connectivity index (χ1n) is 13.1. The van der Waals surface area contributed by atoms with Gasteiger partial charge < -0.3 is 20.5 Å². The van der Waals surface area contributed by atoms with Gasteiger partial charge in [0.15, 0.2) is 11.5 Å². The van der Waals surface area contributed by atoms with E-state index in [1.807, 2.05) is 30.3 Å². The minimum atomic E-state index is -0.909. The zero-order valence-corrected chi connectivity index (χ0v) is 23.0. The Morgan fingerprint density at radius 2 is 1.51 bits per heavy atom. The summed E-state index contributed by atoms with van der Waals surface area (Å²) in [6.07, 6.45) is 0.221. The van der Waals surface area contributed by atoms with Crippen LogP contribution in [0, 0.1) is 0 Å². The van der Waals surface area contributed by atoms with Crippen LogP contribution in [-0.2, 0) is 22.4 Å². The quantitative estimate of drug-likeness (QED) is 0.187. The first-order valence-corrected chi connectivity index (χ1v) is 13.1. The lowest BCUT2D eigenvalue weighted by Gasteiger charge is -2.17. The van der Waals surface area contributed by atoms with Crippen molar-refractivity contribution >= 4 is 29.3 Å². The Labute approximate surface area is 238 Å². The molecule has 0 spiro atoms. The van der Waals surface area contributed by atoms with E-state index in [9.17, 15) is 19.2 Å². The number of Topliss-reactive ketones (excluding diaryl/α,β-unsaturated/α-hetero) is 1. The van der Waals surface area contributed by atoms with E-state index in [1.165, 1.54) is 14.2 Å². The molecule has 0 bridgehead atoms. The molecule has 212 valence electrons. The molecule has 0 fully saturated rings. The van der Waals surface area contributed by atoms with Crippen LogP contribution in [0.4, 0.5) is 0 Å². The van der Waals surface area contributed by atoms with E-state index in [2.05, 4.69) is 10.3 Å². The monoisotopic (exact) mass is 556 g/mol. The summed E-state index contributed by atoms with van der Waals surface area (Å²) in [5, 5.41) is 2.76. The van der Waals surface area contributed by atoms with Crippen LogP contribution in [-0.4, -0.2) is 67.6 Å². The molecule has 0 aliphatic carbocycles. The van der Waals surface area contributed by atoms with Gasteiger partial charge >= 0.3 is 0 Å². The number of carbonyl (C=O) groups excluding carboxylic acids is 4. The highest BCUT2D eigenvalue weighted by molar-refractivity contribution is 6.21. The third-order valence-electron chi connectivity index (χ3n) is 6.64. The van der Waals surface area contributed by atoms with E-state index < -0.39 is 23.8 Å². The summed E-state index contributed by atoms with van der Waals surface area (Å²) >= 11 is 0. The Morgan fingerprint density at radius 3 is 2.15 bits per heavy atom. The van der Waals surface area contributed by atoms with E-state index in [-0.39, 0.29) is 44.0 Å². The number of nitrogens with zero attached hydrogens (tertiary/aromatic N) is 2. The lowest BCUT2D eigenvalue weighted by molar-refractivity contribution is -0.122. The van der Waals surface area contributed by atoms with Crippen LogP contribution in [0.5, 0.6) is 11.5 Å². The smallest absolute Gasteiger partial charge is 0.261 e. The zero-order valence-electron chi connectivity index (χ0n) is 23.0. The summed E-state index contributed by atoms with van der Waals surface area (Å²) in [5.41, 5.74) is 8.43. The number of nitrogens with one attached hydrogen (secondary N) is 1. The standard InChI is InChI=1S/C31H32N4O6/c1-40-26-13-12-21(18-27(26)41-2)16-22(36)19-28(32)34-25(17-20-8-4-3-5-9-20)29(37)33-14-15-35-30(38)23-10-6-7-11-24(23)31(35)39/h3-13,18,25H,14-17,19H2,1-2H3,(H2,32,34)(H,33,37)/t25-/m1/s1.